The number of carboxylic acid groups (broad SMARTS) is 1. The molecule has 0 aliphatic rings. The molecule has 2 N–H and O–H groups in total. The van der Waals surface area contributed by atoms with Gasteiger partial charge in [-0.3, -0.25) is 4.79 Å². The zero-order chi connectivity index (χ0) is 18.9. The molecule has 0 aliphatic carbocycles. The highest BCUT2D eigenvalue weighted by Gasteiger charge is 2.20. The van der Waals surface area contributed by atoms with E-state index in [0.717, 1.165) is 22.9 Å². The normalized spacial score (nSPS) is 11.6. The second-order valence-electron chi connectivity index (χ2n) is 5.95. The Hall–Kier alpha value is -2.34. The summed E-state index contributed by atoms with van der Waals surface area (Å²) in [4.78, 5) is 23.5. The lowest BCUT2D eigenvalue weighted by molar-refractivity contribution is -0.142. The number of benzene rings is 2. The maximum Gasteiger partial charge on any atom is 0.326 e. The first-order valence-corrected chi connectivity index (χ1v) is 9.26. The average molecular weight is 420 g/mol. The van der Waals surface area contributed by atoms with E-state index >= 15 is 0 Å². The van der Waals surface area contributed by atoms with Crippen LogP contribution in [0.15, 0.2) is 53.0 Å². The van der Waals surface area contributed by atoms with Gasteiger partial charge in [-0.15, -0.1) is 0 Å². The number of ether oxygens (including phenoxy) is 1. The van der Waals surface area contributed by atoms with Crippen LogP contribution in [0.25, 0.3) is 0 Å². The third kappa shape index (κ3) is 6.19. The van der Waals surface area contributed by atoms with Crippen molar-refractivity contribution in [2.24, 2.45) is 0 Å². The SMILES string of the molecule is CCCc1ccc(OCC(=O)NC(Cc2ccccc2)C(=O)O)c(Br)c1. The van der Waals surface area contributed by atoms with E-state index in [9.17, 15) is 14.7 Å². The van der Waals surface area contributed by atoms with Crippen LogP contribution >= 0.6 is 15.9 Å². The van der Waals surface area contributed by atoms with Gasteiger partial charge in [0.25, 0.3) is 5.91 Å². The molecule has 0 fully saturated rings. The molecule has 5 nitrogen and oxygen atoms in total. The smallest absolute Gasteiger partial charge is 0.326 e. The number of carbonyl (C=O) groups excluding carboxylic acids is 1. The average Bonchev–Trinajstić information content (AvgIpc) is 2.61. The number of carbonyl (C=O) groups is 2. The molecule has 0 saturated carbocycles. The van der Waals surface area contributed by atoms with Crippen LogP contribution in [-0.4, -0.2) is 29.6 Å². The molecule has 0 heterocycles. The molecule has 1 atom stereocenters. The van der Waals surface area contributed by atoms with Crippen molar-refractivity contribution in [1.82, 2.24) is 5.32 Å². The van der Waals surface area contributed by atoms with E-state index in [4.69, 9.17) is 4.74 Å². The van der Waals surface area contributed by atoms with Gasteiger partial charge in [0, 0.05) is 6.42 Å². The van der Waals surface area contributed by atoms with Crippen molar-refractivity contribution in [1.29, 1.82) is 0 Å². The van der Waals surface area contributed by atoms with Crippen molar-refractivity contribution < 1.29 is 19.4 Å². The zero-order valence-corrected chi connectivity index (χ0v) is 16.2. The lowest BCUT2D eigenvalue weighted by Crippen LogP contribution is -2.44. The highest BCUT2D eigenvalue weighted by Crippen LogP contribution is 2.26. The van der Waals surface area contributed by atoms with E-state index in [2.05, 4.69) is 28.2 Å². The first-order chi connectivity index (χ1) is 12.5. The summed E-state index contributed by atoms with van der Waals surface area (Å²) in [6.07, 6.45) is 2.24. The van der Waals surface area contributed by atoms with Gasteiger partial charge in [0.2, 0.25) is 0 Å². The molecule has 0 aliphatic heterocycles. The van der Waals surface area contributed by atoms with E-state index in [1.807, 2.05) is 42.5 Å². The predicted molar refractivity (Wildman–Crippen MR) is 103 cm³/mol. The Morgan fingerprint density at radius 3 is 2.50 bits per heavy atom. The van der Waals surface area contributed by atoms with Crippen LogP contribution in [0.2, 0.25) is 0 Å². The lowest BCUT2D eigenvalue weighted by atomic mass is 10.1. The van der Waals surface area contributed by atoms with E-state index in [1.54, 1.807) is 6.07 Å². The number of amides is 1. The van der Waals surface area contributed by atoms with E-state index in [-0.39, 0.29) is 13.0 Å². The van der Waals surface area contributed by atoms with Gasteiger partial charge < -0.3 is 15.2 Å². The van der Waals surface area contributed by atoms with Gasteiger partial charge >= 0.3 is 5.97 Å². The third-order valence-electron chi connectivity index (χ3n) is 3.81. The molecule has 138 valence electrons. The van der Waals surface area contributed by atoms with Crippen molar-refractivity contribution in [3.63, 3.8) is 0 Å². The van der Waals surface area contributed by atoms with Crippen molar-refractivity contribution in [2.45, 2.75) is 32.2 Å². The van der Waals surface area contributed by atoms with E-state index in [1.165, 1.54) is 5.56 Å². The number of aliphatic carboxylic acids is 1. The number of halogens is 1. The van der Waals surface area contributed by atoms with Crippen molar-refractivity contribution in [2.75, 3.05) is 6.61 Å². The predicted octanol–water partition coefficient (Wildman–Crippen LogP) is 3.59. The number of aryl methyl sites for hydroxylation is 1. The van der Waals surface area contributed by atoms with Gasteiger partial charge in [0.05, 0.1) is 4.47 Å². The number of rotatable bonds is 9. The number of hydrogen-bond acceptors (Lipinski definition) is 3. The molecule has 0 saturated heterocycles. The van der Waals surface area contributed by atoms with Crippen LogP contribution in [0.4, 0.5) is 0 Å². The van der Waals surface area contributed by atoms with E-state index < -0.39 is 17.9 Å². The minimum atomic E-state index is -1.08. The molecule has 1 amide bonds. The minimum Gasteiger partial charge on any atom is -0.483 e. The number of carboxylic acids is 1. The van der Waals surface area contributed by atoms with Crippen LogP contribution in [0, 0.1) is 0 Å². The van der Waals surface area contributed by atoms with Crippen LogP contribution in [0.3, 0.4) is 0 Å². The molecule has 2 rings (SSSR count). The van der Waals surface area contributed by atoms with Crippen LogP contribution < -0.4 is 10.1 Å². The molecular formula is C20H22BrNO4. The largest absolute Gasteiger partial charge is 0.483 e. The van der Waals surface area contributed by atoms with E-state index in [0.29, 0.717) is 5.75 Å². The molecule has 0 aromatic heterocycles. The molecule has 2 aromatic rings. The Balaban J connectivity index is 1.91. The standard InChI is InChI=1S/C20H22BrNO4/c1-2-6-14-9-10-18(16(21)11-14)26-13-19(23)22-17(20(24)25)12-15-7-4-3-5-8-15/h3-5,7-11,17H,2,6,12-13H2,1H3,(H,22,23)(H,24,25). The molecule has 2 aromatic carbocycles. The Kier molecular flexibility index (Phi) is 7.66. The maximum absolute atomic E-state index is 12.1. The fourth-order valence-corrected chi connectivity index (χ4v) is 3.08. The Morgan fingerprint density at radius 2 is 1.88 bits per heavy atom. The second kappa shape index (κ2) is 9.97. The fourth-order valence-electron chi connectivity index (χ4n) is 2.53. The summed E-state index contributed by atoms with van der Waals surface area (Å²) in [5, 5.41) is 11.8. The zero-order valence-electron chi connectivity index (χ0n) is 14.6. The molecule has 0 radical (unpaired) electrons. The number of hydrogen-bond donors (Lipinski definition) is 2. The summed E-state index contributed by atoms with van der Waals surface area (Å²) in [5.74, 6) is -1.000. The van der Waals surface area contributed by atoms with Crippen molar-refractivity contribution >= 4 is 27.8 Å². The summed E-state index contributed by atoms with van der Waals surface area (Å²) in [7, 11) is 0. The first-order valence-electron chi connectivity index (χ1n) is 8.47. The van der Waals surface area contributed by atoms with Gasteiger partial charge in [-0.1, -0.05) is 49.7 Å². The fraction of sp³-hybridized carbons (Fsp3) is 0.300. The van der Waals surface area contributed by atoms with Gasteiger partial charge in [-0.2, -0.15) is 0 Å². The third-order valence-corrected chi connectivity index (χ3v) is 4.43. The molecule has 26 heavy (non-hydrogen) atoms. The van der Waals surface area contributed by atoms with Crippen LogP contribution in [0.1, 0.15) is 24.5 Å². The lowest BCUT2D eigenvalue weighted by Gasteiger charge is -2.15. The molecule has 6 heteroatoms. The maximum atomic E-state index is 12.1. The molecule has 0 spiro atoms. The molecule has 0 bridgehead atoms. The summed E-state index contributed by atoms with van der Waals surface area (Å²) < 4.78 is 6.28. The minimum absolute atomic E-state index is 0.220. The Morgan fingerprint density at radius 1 is 1.15 bits per heavy atom. The Labute approximate surface area is 161 Å². The monoisotopic (exact) mass is 419 g/mol. The quantitative estimate of drug-likeness (QED) is 0.650. The van der Waals surface area contributed by atoms with Crippen molar-refractivity contribution in [3.8, 4) is 5.75 Å². The van der Waals surface area contributed by atoms with Gasteiger partial charge in [-0.25, -0.2) is 4.79 Å². The van der Waals surface area contributed by atoms with Crippen molar-refractivity contribution in [3.05, 3.63) is 64.1 Å². The second-order valence-corrected chi connectivity index (χ2v) is 6.81. The van der Waals surface area contributed by atoms with Gasteiger partial charge in [-0.05, 0) is 45.6 Å². The van der Waals surface area contributed by atoms with Gasteiger partial charge in [0.15, 0.2) is 6.61 Å². The summed E-state index contributed by atoms with van der Waals surface area (Å²) in [5.41, 5.74) is 2.03. The highest BCUT2D eigenvalue weighted by molar-refractivity contribution is 9.10. The van der Waals surface area contributed by atoms with Crippen LogP contribution in [-0.2, 0) is 22.4 Å². The summed E-state index contributed by atoms with van der Waals surface area (Å²) in [6, 6.07) is 13.9. The first kappa shape index (κ1) is 20.0. The van der Waals surface area contributed by atoms with Crippen LogP contribution in [0.5, 0.6) is 5.75 Å². The topological polar surface area (TPSA) is 75.6 Å². The summed E-state index contributed by atoms with van der Waals surface area (Å²) >= 11 is 3.43. The molecule has 1 unspecified atom stereocenters. The highest BCUT2D eigenvalue weighted by atomic mass is 79.9. The van der Waals surface area contributed by atoms with Gasteiger partial charge in [0.1, 0.15) is 11.8 Å². The molecular weight excluding hydrogens is 398 g/mol. The Bertz CT molecular complexity index is 749. The summed E-state index contributed by atoms with van der Waals surface area (Å²) in [6.45, 7) is 1.86. The number of nitrogens with one attached hydrogen (secondary N) is 1.